The topological polar surface area (TPSA) is 72.2 Å². The maximum atomic E-state index is 11.8. The molecule has 0 heterocycles. The van der Waals surface area contributed by atoms with E-state index >= 15 is 0 Å². The Balaban J connectivity index is 2.34. The summed E-state index contributed by atoms with van der Waals surface area (Å²) in [5.41, 5.74) is 5.03. The predicted molar refractivity (Wildman–Crippen MR) is 40.1 cm³/mol. The first kappa shape index (κ1) is 9.12. The molecule has 4 nitrogen and oxygen atoms in total. The molecule has 1 fully saturated rings. The van der Waals surface area contributed by atoms with Crippen LogP contribution >= 0.6 is 0 Å². The fraction of sp³-hybridized carbons (Fsp3) is 0.714. The van der Waals surface area contributed by atoms with Crippen molar-refractivity contribution in [1.82, 2.24) is 5.32 Å². The summed E-state index contributed by atoms with van der Waals surface area (Å²) in [6.07, 6.45) is 1.79. The predicted octanol–water partition coefficient (Wildman–Crippen LogP) is -0.869. The van der Waals surface area contributed by atoms with Gasteiger partial charge in [0.25, 0.3) is 5.91 Å². The van der Waals surface area contributed by atoms with Gasteiger partial charge in [-0.1, -0.05) is 0 Å². The molecule has 68 valence electrons. The highest BCUT2D eigenvalue weighted by Gasteiger charge is 2.28. The maximum Gasteiger partial charge on any atom is 0.289 e. The Hall–Kier alpha value is -0.970. The van der Waals surface area contributed by atoms with E-state index in [-0.39, 0.29) is 6.04 Å². The number of rotatable bonds is 4. The number of carbonyl (C=O) groups is 2. The fourth-order valence-electron chi connectivity index (χ4n) is 0.723. The van der Waals surface area contributed by atoms with Crippen molar-refractivity contribution < 1.29 is 14.0 Å². The average molecular weight is 174 g/mol. The maximum absolute atomic E-state index is 11.8. The largest absolute Gasteiger partial charge is 0.347 e. The summed E-state index contributed by atoms with van der Waals surface area (Å²) in [6, 6.07) is -1.20. The number of carbonyl (C=O) groups excluding carboxylic acids is 2. The lowest BCUT2D eigenvalue weighted by atomic mass is 10.2. The highest BCUT2D eigenvalue weighted by Crippen LogP contribution is 2.18. The smallest absolute Gasteiger partial charge is 0.289 e. The lowest BCUT2D eigenvalue weighted by Crippen LogP contribution is -2.44. The molecule has 1 aliphatic rings. The zero-order valence-corrected chi connectivity index (χ0v) is 6.55. The molecule has 0 saturated heterocycles. The van der Waals surface area contributed by atoms with Gasteiger partial charge < -0.3 is 11.1 Å². The summed E-state index contributed by atoms with van der Waals surface area (Å²) in [4.78, 5) is 21.7. The second-order valence-electron chi connectivity index (χ2n) is 2.87. The highest BCUT2D eigenvalue weighted by atomic mass is 19.1. The van der Waals surface area contributed by atoms with Gasteiger partial charge in [0, 0.05) is 6.04 Å². The molecular weight excluding hydrogens is 163 g/mol. The molecule has 0 radical (unpaired) electrons. The molecule has 0 aliphatic heterocycles. The number of hydrogen-bond acceptors (Lipinski definition) is 3. The number of nitrogens with one attached hydrogen (secondary N) is 1. The van der Waals surface area contributed by atoms with Crippen LogP contribution in [-0.4, -0.2) is 30.4 Å². The lowest BCUT2D eigenvalue weighted by molar-refractivity contribution is -0.138. The summed E-state index contributed by atoms with van der Waals surface area (Å²) in [7, 11) is 0. The van der Waals surface area contributed by atoms with E-state index < -0.39 is 24.4 Å². The van der Waals surface area contributed by atoms with Crippen LogP contribution in [0.2, 0.25) is 0 Å². The van der Waals surface area contributed by atoms with E-state index in [9.17, 15) is 14.0 Å². The molecule has 5 heteroatoms. The Morgan fingerprint density at radius 2 is 2.17 bits per heavy atom. The molecule has 12 heavy (non-hydrogen) atoms. The second-order valence-corrected chi connectivity index (χ2v) is 2.87. The number of hydrogen-bond donors (Lipinski definition) is 2. The van der Waals surface area contributed by atoms with Crippen molar-refractivity contribution in [3.8, 4) is 0 Å². The minimum absolute atomic E-state index is 0.105. The molecule has 0 aromatic rings. The molecule has 3 N–H and O–H groups in total. The van der Waals surface area contributed by atoms with Gasteiger partial charge in [-0.3, -0.25) is 9.59 Å². The zero-order chi connectivity index (χ0) is 9.14. The number of ketones is 1. The van der Waals surface area contributed by atoms with E-state index in [0.29, 0.717) is 0 Å². The minimum Gasteiger partial charge on any atom is -0.347 e. The van der Waals surface area contributed by atoms with E-state index in [1.165, 1.54) is 0 Å². The second kappa shape index (κ2) is 3.62. The van der Waals surface area contributed by atoms with Crippen molar-refractivity contribution in [2.24, 2.45) is 5.73 Å². The lowest BCUT2D eigenvalue weighted by Gasteiger charge is -2.05. The van der Waals surface area contributed by atoms with Gasteiger partial charge in [0.1, 0.15) is 12.7 Å². The van der Waals surface area contributed by atoms with Crippen LogP contribution < -0.4 is 11.1 Å². The van der Waals surface area contributed by atoms with Crippen LogP contribution in [0.5, 0.6) is 0 Å². The third-order valence-corrected chi connectivity index (χ3v) is 1.64. The molecule has 0 aromatic heterocycles. The van der Waals surface area contributed by atoms with E-state index in [1.54, 1.807) is 0 Å². The Kier molecular flexibility index (Phi) is 2.75. The highest BCUT2D eigenvalue weighted by molar-refractivity contribution is 6.38. The van der Waals surface area contributed by atoms with Crippen molar-refractivity contribution >= 4 is 11.7 Å². The van der Waals surface area contributed by atoms with Gasteiger partial charge in [0.05, 0.1) is 0 Å². The normalized spacial score (nSPS) is 18.5. The van der Waals surface area contributed by atoms with Crippen LogP contribution in [-0.2, 0) is 9.59 Å². The number of amides is 1. The van der Waals surface area contributed by atoms with Gasteiger partial charge in [0.15, 0.2) is 0 Å². The van der Waals surface area contributed by atoms with Gasteiger partial charge in [0.2, 0.25) is 5.78 Å². The Morgan fingerprint density at radius 1 is 1.58 bits per heavy atom. The van der Waals surface area contributed by atoms with Crippen molar-refractivity contribution in [1.29, 1.82) is 0 Å². The standard InChI is InChI=1S/C7H11FN2O2/c8-3-5(9)6(11)7(12)10-4-1-2-4/h4-5H,1-3,9H2,(H,10,12). The molecule has 0 bridgehead atoms. The van der Waals surface area contributed by atoms with Gasteiger partial charge in [-0.15, -0.1) is 0 Å². The number of Topliss-reactive ketones (excluding diaryl/α,β-unsaturated/α-hetero) is 1. The van der Waals surface area contributed by atoms with Gasteiger partial charge in [-0.2, -0.15) is 0 Å². The first-order valence-corrected chi connectivity index (χ1v) is 3.81. The monoisotopic (exact) mass is 174 g/mol. The number of nitrogens with two attached hydrogens (primary N) is 1. The van der Waals surface area contributed by atoms with Crippen LogP contribution in [0.4, 0.5) is 4.39 Å². The van der Waals surface area contributed by atoms with Crippen LogP contribution in [0.1, 0.15) is 12.8 Å². The third-order valence-electron chi connectivity index (χ3n) is 1.64. The van der Waals surface area contributed by atoms with Crippen LogP contribution in [0.3, 0.4) is 0 Å². The Morgan fingerprint density at radius 3 is 2.58 bits per heavy atom. The van der Waals surface area contributed by atoms with Gasteiger partial charge in [-0.25, -0.2) is 4.39 Å². The molecule has 1 unspecified atom stereocenters. The number of alkyl halides is 1. The summed E-state index contributed by atoms with van der Waals surface area (Å²) in [5, 5.41) is 2.43. The first-order valence-electron chi connectivity index (χ1n) is 3.81. The molecule has 1 aliphatic carbocycles. The van der Waals surface area contributed by atoms with E-state index in [0.717, 1.165) is 12.8 Å². The molecule has 1 atom stereocenters. The summed E-state index contributed by atoms with van der Waals surface area (Å²) in [5.74, 6) is -1.63. The Bertz CT molecular complexity index is 204. The fourth-order valence-corrected chi connectivity index (χ4v) is 0.723. The quantitative estimate of drug-likeness (QED) is 0.544. The van der Waals surface area contributed by atoms with Crippen LogP contribution in [0, 0.1) is 0 Å². The average Bonchev–Trinajstić information content (AvgIpc) is 2.85. The van der Waals surface area contributed by atoms with Crippen molar-refractivity contribution in [2.75, 3.05) is 6.67 Å². The molecule has 1 amide bonds. The summed E-state index contributed by atoms with van der Waals surface area (Å²) in [6.45, 7) is -0.989. The Labute approximate surface area is 69.3 Å². The molecule has 0 spiro atoms. The van der Waals surface area contributed by atoms with Crippen LogP contribution in [0.25, 0.3) is 0 Å². The zero-order valence-electron chi connectivity index (χ0n) is 6.55. The van der Waals surface area contributed by atoms with E-state index in [1.807, 2.05) is 0 Å². The molecular formula is C7H11FN2O2. The first-order chi connectivity index (χ1) is 5.65. The minimum atomic E-state index is -1.30. The summed E-state index contributed by atoms with van der Waals surface area (Å²) < 4.78 is 11.8. The van der Waals surface area contributed by atoms with Crippen LogP contribution in [0.15, 0.2) is 0 Å². The van der Waals surface area contributed by atoms with Gasteiger partial charge in [-0.05, 0) is 12.8 Å². The van der Waals surface area contributed by atoms with Gasteiger partial charge >= 0.3 is 0 Å². The SMILES string of the molecule is NC(CF)C(=O)C(=O)NC1CC1. The molecule has 1 rings (SSSR count). The summed E-state index contributed by atoms with van der Waals surface area (Å²) >= 11 is 0. The number of halogens is 1. The third kappa shape index (κ3) is 2.27. The molecule has 0 aromatic carbocycles. The van der Waals surface area contributed by atoms with E-state index in [2.05, 4.69) is 5.32 Å². The van der Waals surface area contributed by atoms with Crippen molar-refractivity contribution in [2.45, 2.75) is 24.9 Å². The molecule has 1 saturated carbocycles. The van der Waals surface area contributed by atoms with E-state index in [4.69, 9.17) is 5.73 Å². The van der Waals surface area contributed by atoms with Crippen molar-refractivity contribution in [3.05, 3.63) is 0 Å². The van der Waals surface area contributed by atoms with Crippen molar-refractivity contribution in [3.63, 3.8) is 0 Å².